The van der Waals surface area contributed by atoms with E-state index in [1.54, 1.807) is 4.68 Å². The summed E-state index contributed by atoms with van der Waals surface area (Å²) >= 11 is 0. The lowest BCUT2D eigenvalue weighted by Gasteiger charge is -2.09. The SMILES string of the molecule is Nc1n[nH]c(=O)c2c1c(-c1ccc(Oc3ccccc3)cc1)nn2C1CCNC1. The predicted molar refractivity (Wildman–Crippen MR) is 111 cm³/mol. The fourth-order valence-electron chi connectivity index (χ4n) is 3.73. The van der Waals surface area contributed by atoms with Crippen LogP contribution in [0.1, 0.15) is 12.5 Å². The van der Waals surface area contributed by atoms with Gasteiger partial charge in [0.15, 0.2) is 5.82 Å². The Morgan fingerprint density at radius 3 is 2.55 bits per heavy atom. The molecule has 0 radical (unpaired) electrons. The van der Waals surface area contributed by atoms with E-state index in [4.69, 9.17) is 15.6 Å². The molecule has 1 atom stereocenters. The van der Waals surface area contributed by atoms with Crippen LogP contribution in [0.5, 0.6) is 11.5 Å². The molecule has 5 rings (SSSR count). The highest BCUT2D eigenvalue weighted by molar-refractivity contribution is 5.99. The van der Waals surface area contributed by atoms with Gasteiger partial charge in [0.05, 0.1) is 11.4 Å². The van der Waals surface area contributed by atoms with Crippen molar-refractivity contribution < 1.29 is 4.74 Å². The van der Waals surface area contributed by atoms with E-state index in [2.05, 4.69) is 15.5 Å². The Labute approximate surface area is 166 Å². The first-order valence-electron chi connectivity index (χ1n) is 9.51. The number of H-pyrrole nitrogens is 1. The molecular weight excluding hydrogens is 368 g/mol. The molecule has 4 aromatic rings. The molecule has 0 spiro atoms. The Hall–Kier alpha value is -3.65. The summed E-state index contributed by atoms with van der Waals surface area (Å²) in [6, 6.07) is 17.3. The van der Waals surface area contributed by atoms with Gasteiger partial charge in [0.2, 0.25) is 0 Å². The van der Waals surface area contributed by atoms with Crippen molar-refractivity contribution in [2.24, 2.45) is 0 Å². The van der Waals surface area contributed by atoms with Crippen LogP contribution in [-0.4, -0.2) is 33.1 Å². The average molecular weight is 388 g/mol. The minimum absolute atomic E-state index is 0.106. The quantitative estimate of drug-likeness (QED) is 0.496. The topological polar surface area (TPSA) is 111 Å². The van der Waals surface area contributed by atoms with E-state index in [0.29, 0.717) is 22.3 Å². The summed E-state index contributed by atoms with van der Waals surface area (Å²) in [5, 5.41) is 15.1. The Balaban J connectivity index is 1.58. The number of aromatic amines is 1. The molecule has 0 aliphatic carbocycles. The van der Waals surface area contributed by atoms with E-state index in [0.717, 1.165) is 30.8 Å². The van der Waals surface area contributed by atoms with Crippen molar-refractivity contribution in [3.05, 3.63) is 65.0 Å². The number of aromatic nitrogens is 4. The number of rotatable bonds is 4. The minimum Gasteiger partial charge on any atom is -0.457 e. The van der Waals surface area contributed by atoms with E-state index in [-0.39, 0.29) is 17.4 Å². The fraction of sp³-hybridized carbons (Fsp3) is 0.190. The lowest BCUT2D eigenvalue weighted by atomic mass is 10.1. The van der Waals surface area contributed by atoms with Gasteiger partial charge in [-0.3, -0.25) is 9.48 Å². The van der Waals surface area contributed by atoms with Crippen molar-refractivity contribution in [2.75, 3.05) is 18.8 Å². The van der Waals surface area contributed by atoms with Gasteiger partial charge >= 0.3 is 0 Å². The van der Waals surface area contributed by atoms with Gasteiger partial charge in [-0.1, -0.05) is 18.2 Å². The standard InChI is InChI=1S/C21H20N6O2/c22-20-17-18(13-6-8-16(9-7-13)29-15-4-2-1-3-5-15)26-27(14-10-11-23-12-14)19(17)21(28)25-24-20/h1-9,14,23H,10-12H2,(H2,22,24)(H,25,28). The first-order valence-corrected chi connectivity index (χ1v) is 9.51. The Kier molecular flexibility index (Phi) is 4.25. The zero-order valence-electron chi connectivity index (χ0n) is 15.6. The second-order valence-electron chi connectivity index (χ2n) is 7.04. The van der Waals surface area contributed by atoms with Crippen molar-refractivity contribution in [2.45, 2.75) is 12.5 Å². The molecule has 0 bridgehead atoms. The molecule has 1 aliphatic rings. The van der Waals surface area contributed by atoms with Crippen molar-refractivity contribution in [3.63, 3.8) is 0 Å². The van der Waals surface area contributed by atoms with E-state index in [1.807, 2.05) is 54.6 Å². The van der Waals surface area contributed by atoms with Gasteiger partial charge < -0.3 is 15.8 Å². The van der Waals surface area contributed by atoms with Crippen LogP contribution >= 0.6 is 0 Å². The van der Waals surface area contributed by atoms with Crippen molar-refractivity contribution in [1.82, 2.24) is 25.3 Å². The highest BCUT2D eigenvalue weighted by atomic mass is 16.5. The Morgan fingerprint density at radius 2 is 1.83 bits per heavy atom. The third-order valence-corrected chi connectivity index (χ3v) is 5.15. The number of nitrogens with two attached hydrogens (primary N) is 1. The van der Waals surface area contributed by atoms with E-state index >= 15 is 0 Å². The number of ether oxygens (including phenoxy) is 1. The van der Waals surface area contributed by atoms with E-state index < -0.39 is 0 Å². The first-order chi connectivity index (χ1) is 14.2. The molecule has 8 nitrogen and oxygen atoms in total. The van der Waals surface area contributed by atoms with Gasteiger partial charge in [0.1, 0.15) is 22.7 Å². The number of benzene rings is 2. The summed E-state index contributed by atoms with van der Waals surface area (Å²) in [5.41, 5.74) is 7.80. The molecule has 4 N–H and O–H groups in total. The second-order valence-corrected chi connectivity index (χ2v) is 7.04. The molecule has 1 saturated heterocycles. The van der Waals surface area contributed by atoms with Gasteiger partial charge in [-0.15, -0.1) is 0 Å². The average Bonchev–Trinajstić information content (AvgIpc) is 3.41. The molecule has 2 aromatic heterocycles. The van der Waals surface area contributed by atoms with E-state index in [1.165, 1.54) is 0 Å². The zero-order chi connectivity index (χ0) is 19.8. The fourth-order valence-corrected chi connectivity index (χ4v) is 3.73. The number of hydrogen-bond donors (Lipinski definition) is 3. The van der Waals surface area contributed by atoms with Gasteiger partial charge in [-0.2, -0.15) is 10.2 Å². The second kappa shape index (κ2) is 7.06. The van der Waals surface area contributed by atoms with Crippen LogP contribution in [0, 0.1) is 0 Å². The molecule has 8 heteroatoms. The highest BCUT2D eigenvalue weighted by Gasteiger charge is 2.25. The van der Waals surface area contributed by atoms with Crippen LogP contribution in [-0.2, 0) is 0 Å². The summed E-state index contributed by atoms with van der Waals surface area (Å²) in [4.78, 5) is 12.5. The third-order valence-electron chi connectivity index (χ3n) is 5.15. The molecule has 0 amide bonds. The minimum atomic E-state index is -0.288. The number of nitrogens with one attached hydrogen (secondary N) is 2. The number of nitrogen functional groups attached to an aromatic ring is 1. The smallest absolute Gasteiger partial charge is 0.290 e. The molecule has 29 heavy (non-hydrogen) atoms. The summed E-state index contributed by atoms with van der Waals surface area (Å²) in [5.74, 6) is 1.74. The molecule has 1 unspecified atom stereocenters. The Bertz CT molecular complexity index is 1210. The maximum Gasteiger partial charge on any atom is 0.290 e. The number of para-hydroxylation sites is 1. The van der Waals surface area contributed by atoms with Crippen LogP contribution in [0.3, 0.4) is 0 Å². The van der Waals surface area contributed by atoms with E-state index in [9.17, 15) is 4.79 Å². The van der Waals surface area contributed by atoms with Gasteiger partial charge in [0.25, 0.3) is 5.56 Å². The Morgan fingerprint density at radius 1 is 1.07 bits per heavy atom. The predicted octanol–water partition coefficient (Wildman–Crippen LogP) is 2.70. The molecule has 3 heterocycles. The maximum absolute atomic E-state index is 12.5. The van der Waals surface area contributed by atoms with Crippen LogP contribution in [0.25, 0.3) is 22.2 Å². The van der Waals surface area contributed by atoms with Gasteiger partial charge in [-0.05, 0) is 49.4 Å². The third kappa shape index (κ3) is 3.13. The van der Waals surface area contributed by atoms with Crippen LogP contribution < -0.4 is 21.3 Å². The molecule has 1 fully saturated rings. The highest BCUT2D eigenvalue weighted by Crippen LogP contribution is 2.33. The van der Waals surface area contributed by atoms with Crippen molar-refractivity contribution in [1.29, 1.82) is 0 Å². The van der Waals surface area contributed by atoms with Crippen molar-refractivity contribution in [3.8, 4) is 22.8 Å². The number of anilines is 1. The molecule has 2 aromatic carbocycles. The normalized spacial score (nSPS) is 16.3. The summed E-state index contributed by atoms with van der Waals surface area (Å²) in [7, 11) is 0. The monoisotopic (exact) mass is 388 g/mol. The largest absolute Gasteiger partial charge is 0.457 e. The molecule has 0 saturated carbocycles. The zero-order valence-corrected chi connectivity index (χ0v) is 15.6. The summed E-state index contributed by atoms with van der Waals surface area (Å²) < 4.78 is 7.65. The van der Waals surface area contributed by atoms with Crippen LogP contribution in [0.15, 0.2) is 59.4 Å². The lowest BCUT2D eigenvalue weighted by molar-refractivity contribution is 0.482. The molecule has 1 aliphatic heterocycles. The molecular formula is C21H20N6O2. The van der Waals surface area contributed by atoms with Crippen molar-refractivity contribution >= 4 is 16.7 Å². The van der Waals surface area contributed by atoms with Crippen LogP contribution in [0.2, 0.25) is 0 Å². The molecule has 146 valence electrons. The summed E-state index contributed by atoms with van der Waals surface area (Å²) in [6.45, 7) is 1.66. The van der Waals surface area contributed by atoms with Crippen LogP contribution in [0.4, 0.5) is 5.82 Å². The number of hydrogen-bond acceptors (Lipinski definition) is 6. The summed E-state index contributed by atoms with van der Waals surface area (Å²) in [6.07, 6.45) is 0.905. The lowest BCUT2D eigenvalue weighted by Crippen LogP contribution is -2.19. The maximum atomic E-state index is 12.5. The van der Waals surface area contributed by atoms with Gasteiger partial charge in [-0.25, -0.2) is 5.10 Å². The van der Waals surface area contributed by atoms with Gasteiger partial charge in [0, 0.05) is 12.1 Å². The first kappa shape index (κ1) is 17.4. The number of fused-ring (bicyclic) bond motifs is 1. The number of nitrogens with zero attached hydrogens (tertiary/aromatic N) is 3.